The summed E-state index contributed by atoms with van der Waals surface area (Å²) in [5, 5.41) is 3.84. The normalized spacial score (nSPS) is 10.9. The van der Waals surface area contributed by atoms with Crippen LogP contribution in [0.3, 0.4) is 0 Å². The zero-order valence-electron chi connectivity index (χ0n) is 10.2. The molecule has 0 aliphatic rings. The van der Waals surface area contributed by atoms with Gasteiger partial charge in [-0.15, -0.1) is 0 Å². The average Bonchev–Trinajstić information content (AvgIpc) is 2.34. The lowest BCUT2D eigenvalue weighted by Gasteiger charge is -1.98. The number of nitrogens with zero attached hydrogens (tertiary/aromatic N) is 1. The van der Waals surface area contributed by atoms with E-state index in [0.717, 1.165) is 18.4 Å². The van der Waals surface area contributed by atoms with Crippen LogP contribution in [0.1, 0.15) is 44.2 Å². The van der Waals surface area contributed by atoms with Crippen molar-refractivity contribution in [2.75, 3.05) is 6.61 Å². The monoisotopic (exact) mass is 218 g/mol. The molecule has 2 nitrogen and oxygen atoms in total. The first kappa shape index (κ1) is 12.8. The Labute approximate surface area is 98.3 Å². The molecule has 0 fully saturated rings. The molecule has 0 heterocycles. The molecule has 0 atom stereocenters. The molecule has 0 aliphatic heterocycles. The minimum Gasteiger partial charge on any atom is -0.395 e. The van der Waals surface area contributed by atoms with Crippen molar-refractivity contribution in [3.05, 3.63) is 35.4 Å². The Morgan fingerprint density at radius 2 is 2.12 bits per heavy atom. The molecular weight excluding hydrogens is 198 g/mol. The van der Waals surface area contributed by atoms with Gasteiger partial charge in [0.2, 0.25) is 0 Å². The predicted molar refractivity (Wildman–Crippen MR) is 67.8 cm³/mol. The molecule has 1 radical (unpaired) electrons. The molecule has 0 unspecified atom stereocenters. The highest BCUT2D eigenvalue weighted by molar-refractivity contribution is 5.79. The molecule has 87 valence electrons. The highest BCUT2D eigenvalue weighted by Gasteiger charge is 1.92. The first-order valence-corrected chi connectivity index (χ1v) is 6.03. The van der Waals surface area contributed by atoms with E-state index in [-0.39, 0.29) is 0 Å². The summed E-state index contributed by atoms with van der Waals surface area (Å²) in [4.78, 5) is 5.13. The lowest BCUT2D eigenvalue weighted by Crippen LogP contribution is -1.90. The summed E-state index contributed by atoms with van der Waals surface area (Å²) < 4.78 is 0. The Morgan fingerprint density at radius 3 is 2.88 bits per heavy atom. The third-order valence-electron chi connectivity index (χ3n) is 2.41. The largest absolute Gasteiger partial charge is 0.395 e. The van der Waals surface area contributed by atoms with E-state index < -0.39 is 0 Å². The summed E-state index contributed by atoms with van der Waals surface area (Å²) in [7, 11) is 0. The standard InChI is InChI=1S/C14H20NO/c1-3-5-6-10-16-15-12-14-9-7-8-13(4-2)11-14/h7-9,11H,3-6,10H2,1-2H3. The fraction of sp³-hybridized carbons (Fsp3) is 0.500. The molecule has 0 N–H and O–H groups in total. The minimum absolute atomic E-state index is 0.689. The van der Waals surface area contributed by atoms with Crippen LogP contribution in [0.15, 0.2) is 29.4 Å². The minimum atomic E-state index is 0.689. The molecule has 16 heavy (non-hydrogen) atoms. The molecule has 0 aliphatic carbocycles. The molecule has 2 heteroatoms. The Kier molecular flexibility index (Phi) is 6.31. The van der Waals surface area contributed by atoms with E-state index in [4.69, 9.17) is 4.84 Å². The van der Waals surface area contributed by atoms with Gasteiger partial charge in [0.15, 0.2) is 0 Å². The lowest BCUT2D eigenvalue weighted by atomic mass is 10.1. The van der Waals surface area contributed by atoms with E-state index in [1.807, 2.05) is 12.1 Å². The zero-order valence-corrected chi connectivity index (χ0v) is 10.2. The summed E-state index contributed by atoms with van der Waals surface area (Å²) in [6.45, 7) is 5.00. The first-order chi connectivity index (χ1) is 7.86. The molecule has 0 amide bonds. The summed E-state index contributed by atoms with van der Waals surface area (Å²) in [6, 6.07) is 8.19. The molecule has 1 aromatic rings. The van der Waals surface area contributed by atoms with Crippen LogP contribution in [-0.2, 0) is 11.3 Å². The van der Waals surface area contributed by atoms with Gasteiger partial charge in [-0.3, -0.25) is 0 Å². The van der Waals surface area contributed by atoms with Crippen LogP contribution < -0.4 is 0 Å². The van der Waals surface area contributed by atoms with E-state index in [1.165, 1.54) is 18.4 Å². The van der Waals surface area contributed by atoms with Crippen LogP contribution >= 0.6 is 0 Å². The third kappa shape index (κ3) is 4.96. The maximum Gasteiger partial charge on any atom is 0.139 e. The molecule has 0 bridgehead atoms. The van der Waals surface area contributed by atoms with Crippen LogP contribution in [0.4, 0.5) is 0 Å². The Hall–Kier alpha value is -1.31. The van der Waals surface area contributed by atoms with E-state index >= 15 is 0 Å². The van der Waals surface area contributed by atoms with Gasteiger partial charge in [0.1, 0.15) is 12.8 Å². The van der Waals surface area contributed by atoms with Crippen molar-refractivity contribution in [3.8, 4) is 0 Å². The van der Waals surface area contributed by atoms with Gasteiger partial charge in [-0.1, -0.05) is 50.0 Å². The van der Waals surface area contributed by atoms with Gasteiger partial charge >= 0.3 is 0 Å². The van der Waals surface area contributed by atoms with Gasteiger partial charge in [0.25, 0.3) is 0 Å². The predicted octanol–water partition coefficient (Wildman–Crippen LogP) is 3.67. The Balaban J connectivity index is 2.32. The molecule has 0 saturated heterocycles. The van der Waals surface area contributed by atoms with Crippen LogP contribution in [0.2, 0.25) is 0 Å². The fourth-order valence-corrected chi connectivity index (χ4v) is 1.41. The van der Waals surface area contributed by atoms with Crippen LogP contribution in [0, 0.1) is 0 Å². The van der Waals surface area contributed by atoms with E-state index in [1.54, 1.807) is 0 Å². The van der Waals surface area contributed by atoms with Gasteiger partial charge in [-0.25, -0.2) is 0 Å². The van der Waals surface area contributed by atoms with Crippen LogP contribution in [0.25, 0.3) is 0 Å². The second-order valence-electron chi connectivity index (χ2n) is 3.80. The lowest BCUT2D eigenvalue weighted by molar-refractivity contribution is 0.141. The second kappa shape index (κ2) is 7.91. The molecule has 1 aromatic carbocycles. The van der Waals surface area contributed by atoms with Gasteiger partial charge in [-0.05, 0) is 24.5 Å². The zero-order chi connectivity index (χ0) is 11.6. The highest BCUT2D eigenvalue weighted by Crippen LogP contribution is 2.03. The topological polar surface area (TPSA) is 21.6 Å². The van der Waals surface area contributed by atoms with E-state index in [0.29, 0.717) is 6.61 Å². The van der Waals surface area contributed by atoms with E-state index in [9.17, 15) is 0 Å². The van der Waals surface area contributed by atoms with Crippen LogP contribution in [-0.4, -0.2) is 12.8 Å². The molecule has 0 spiro atoms. The second-order valence-corrected chi connectivity index (χ2v) is 3.80. The third-order valence-corrected chi connectivity index (χ3v) is 2.41. The number of unbranched alkanes of at least 4 members (excludes halogenated alkanes) is 2. The van der Waals surface area contributed by atoms with Gasteiger partial charge in [0.05, 0.1) is 0 Å². The summed E-state index contributed by atoms with van der Waals surface area (Å²) in [6.07, 6.45) is 7.40. The van der Waals surface area contributed by atoms with Crippen molar-refractivity contribution in [2.45, 2.75) is 39.5 Å². The quantitative estimate of drug-likeness (QED) is 0.389. The van der Waals surface area contributed by atoms with Crippen molar-refractivity contribution in [2.24, 2.45) is 5.16 Å². The Bertz CT molecular complexity index is 320. The SMILES string of the molecule is CCCCCO/N=[C]/c1cccc(CC)c1. The Morgan fingerprint density at radius 1 is 1.25 bits per heavy atom. The number of hydrogen-bond donors (Lipinski definition) is 0. The number of rotatable bonds is 7. The van der Waals surface area contributed by atoms with Crippen molar-refractivity contribution in [1.82, 2.24) is 0 Å². The van der Waals surface area contributed by atoms with Gasteiger partial charge < -0.3 is 4.84 Å². The molecule has 1 rings (SSSR count). The average molecular weight is 218 g/mol. The number of aryl methyl sites for hydroxylation is 1. The van der Waals surface area contributed by atoms with Gasteiger partial charge in [-0.2, -0.15) is 0 Å². The maximum absolute atomic E-state index is 5.13. The molecule has 0 aromatic heterocycles. The molecular formula is C14H20NO. The van der Waals surface area contributed by atoms with E-state index in [2.05, 4.69) is 37.4 Å². The summed E-state index contributed by atoms with van der Waals surface area (Å²) in [5.74, 6) is 0. The van der Waals surface area contributed by atoms with Crippen molar-refractivity contribution >= 4 is 6.21 Å². The summed E-state index contributed by atoms with van der Waals surface area (Å²) >= 11 is 0. The van der Waals surface area contributed by atoms with Crippen molar-refractivity contribution < 1.29 is 4.84 Å². The summed E-state index contributed by atoms with van der Waals surface area (Å²) in [5.41, 5.74) is 2.28. The first-order valence-electron chi connectivity index (χ1n) is 6.03. The number of hydrogen-bond acceptors (Lipinski definition) is 2. The smallest absolute Gasteiger partial charge is 0.139 e. The van der Waals surface area contributed by atoms with Crippen molar-refractivity contribution in [3.63, 3.8) is 0 Å². The number of benzene rings is 1. The highest BCUT2D eigenvalue weighted by atomic mass is 16.6. The van der Waals surface area contributed by atoms with Gasteiger partial charge in [0, 0.05) is 5.56 Å². The fourth-order valence-electron chi connectivity index (χ4n) is 1.41. The maximum atomic E-state index is 5.13. The van der Waals surface area contributed by atoms with Crippen molar-refractivity contribution in [1.29, 1.82) is 0 Å². The molecule has 0 saturated carbocycles. The van der Waals surface area contributed by atoms with Crippen LogP contribution in [0.5, 0.6) is 0 Å².